The second-order valence-corrected chi connectivity index (χ2v) is 11.5. The van der Waals surface area contributed by atoms with Crippen LogP contribution in [0.25, 0.3) is 16.9 Å². The molecule has 0 radical (unpaired) electrons. The molecule has 1 amide bonds. The fraction of sp³-hybridized carbons (Fsp3) is 0.500. The summed E-state index contributed by atoms with van der Waals surface area (Å²) in [5, 5.41) is 6.86. The predicted octanol–water partition coefficient (Wildman–Crippen LogP) is 1.82. The summed E-state index contributed by atoms with van der Waals surface area (Å²) in [5.74, 6) is 0.559. The molecular formula is C24H30F2N8O5S. The zero-order chi connectivity index (χ0) is 28.4. The number of anilines is 2. The van der Waals surface area contributed by atoms with E-state index >= 15 is 0 Å². The van der Waals surface area contributed by atoms with Gasteiger partial charge in [-0.1, -0.05) is 0 Å². The van der Waals surface area contributed by atoms with Crippen LogP contribution in [0.2, 0.25) is 0 Å². The normalized spacial score (nSPS) is 17.5. The lowest BCUT2D eigenvalue weighted by Gasteiger charge is -2.32. The minimum atomic E-state index is -3.23. The van der Waals surface area contributed by atoms with Gasteiger partial charge in [0.1, 0.15) is 11.3 Å². The quantitative estimate of drug-likeness (QED) is 0.441. The molecule has 0 saturated carbocycles. The van der Waals surface area contributed by atoms with E-state index in [1.807, 2.05) is 17.2 Å². The number of morpholine rings is 1. The van der Waals surface area contributed by atoms with Crippen molar-refractivity contribution in [3.8, 4) is 11.4 Å². The van der Waals surface area contributed by atoms with E-state index in [0.717, 1.165) is 18.7 Å². The van der Waals surface area contributed by atoms with Gasteiger partial charge in [0.25, 0.3) is 6.43 Å². The Kier molecular flexibility index (Phi) is 8.11. The Balaban J connectivity index is 1.50. The second kappa shape index (κ2) is 11.6. The Morgan fingerprint density at radius 3 is 2.52 bits per heavy atom. The summed E-state index contributed by atoms with van der Waals surface area (Å²) in [5.41, 5.74) is 1.29. The maximum Gasteiger partial charge on any atom is 0.412 e. The van der Waals surface area contributed by atoms with Gasteiger partial charge in [0.2, 0.25) is 10.0 Å². The first-order valence-electron chi connectivity index (χ1n) is 12.7. The van der Waals surface area contributed by atoms with Gasteiger partial charge >= 0.3 is 6.09 Å². The fourth-order valence-electron chi connectivity index (χ4n) is 4.79. The van der Waals surface area contributed by atoms with Crippen molar-refractivity contribution < 1.29 is 31.5 Å². The molecule has 40 heavy (non-hydrogen) atoms. The van der Waals surface area contributed by atoms with Gasteiger partial charge in [0.15, 0.2) is 11.6 Å². The number of hydrogen-bond donors (Lipinski definition) is 1. The molecule has 3 aromatic rings. The molecule has 5 rings (SSSR count). The number of carbonyl (C=O) groups excluding carboxylic acids is 1. The number of nitrogens with one attached hydrogen (secondary N) is 1. The summed E-state index contributed by atoms with van der Waals surface area (Å²) in [4.78, 5) is 24.5. The minimum absolute atomic E-state index is 0.0361. The number of ether oxygens (including phenoxy) is 2. The highest BCUT2D eigenvalue weighted by atomic mass is 32.2. The largest absolute Gasteiger partial charge is 0.453 e. The average Bonchev–Trinajstić information content (AvgIpc) is 3.35. The fourth-order valence-corrected chi connectivity index (χ4v) is 5.61. The van der Waals surface area contributed by atoms with Crippen LogP contribution in [0.1, 0.15) is 17.6 Å². The Morgan fingerprint density at radius 2 is 1.88 bits per heavy atom. The van der Waals surface area contributed by atoms with E-state index in [1.165, 1.54) is 16.8 Å². The number of nitrogens with zero attached hydrogens (tertiary/aromatic N) is 7. The van der Waals surface area contributed by atoms with Crippen molar-refractivity contribution >= 4 is 33.3 Å². The first-order chi connectivity index (χ1) is 19.1. The molecule has 0 atom stereocenters. The lowest BCUT2D eigenvalue weighted by molar-refractivity contribution is 0.122. The van der Waals surface area contributed by atoms with Crippen molar-refractivity contribution in [2.75, 3.05) is 76.1 Å². The number of methoxy groups -OCH3 is 1. The van der Waals surface area contributed by atoms with Gasteiger partial charge in [-0.05, 0) is 17.7 Å². The maximum atomic E-state index is 14.1. The molecular weight excluding hydrogens is 550 g/mol. The van der Waals surface area contributed by atoms with Crippen molar-refractivity contribution in [1.29, 1.82) is 0 Å². The van der Waals surface area contributed by atoms with Crippen LogP contribution >= 0.6 is 0 Å². The maximum absolute atomic E-state index is 14.1. The summed E-state index contributed by atoms with van der Waals surface area (Å²) in [7, 11) is -2.07. The van der Waals surface area contributed by atoms with Gasteiger partial charge in [-0.15, -0.1) is 5.10 Å². The van der Waals surface area contributed by atoms with Crippen molar-refractivity contribution in [1.82, 2.24) is 28.8 Å². The van der Waals surface area contributed by atoms with Crippen LogP contribution in [0.4, 0.5) is 25.2 Å². The van der Waals surface area contributed by atoms with Gasteiger partial charge in [-0.25, -0.2) is 36.5 Å². The third kappa shape index (κ3) is 6.14. The number of sulfonamides is 1. The number of hydrogen-bond acceptors (Lipinski definition) is 10. The second-order valence-electron chi connectivity index (χ2n) is 9.55. The monoisotopic (exact) mass is 580 g/mol. The van der Waals surface area contributed by atoms with E-state index in [1.54, 1.807) is 4.52 Å². The molecule has 1 N–H and O–H groups in total. The Bertz CT molecular complexity index is 1490. The molecule has 16 heteroatoms. The third-order valence-electron chi connectivity index (χ3n) is 6.84. The smallest absolute Gasteiger partial charge is 0.412 e. The highest BCUT2D eigenvalue weighted by molar-refractivity contribution is 7.88. The Morgan fingerprint density at radius 1 is 1.15 bits per heavy atom. The number of halogens is 2. The van der Waals surface area contributed by atoms with Crippen LogP contribution in [0.15, 0.2) is 24.5 Å². The molecule has 2 fully saturated rings. The predicted molar refractivity (Wildman–Crippen MR) is 142 cm³/mol. The van der Waals surface area contributed by atoms with Crippen LogP contribution in [0.3, 0.4) is 0 Å². The first kappa shape index (κ1) is 28.1. The zero-order valence-electron chi connectivity index (χ0n) is 22.1. The van der Waals surface area contributed by atoms with Gasteiger partial charge in [-0.2, -0.15) is 4.31 Å². The highest BCUT2D eigenvalue weighted by Crippen LogP contribution is 2.33. The summed E-state index contributed by atoms with van der Waals surface area (Å²) < 4.78 is 65.1. The average molecular weight is 581 g/mol. The summed E-state index contributed by atoms with van der Waals surface area (Å²) >= 11 is 0. The number of carbonyl (C=O) groups is 1. The highest BCUT2D eigenvalue weighted by Gasteiger charge is 2.26. The molecule has 0 aromatic carbocycles. The molecule has 0 aliphatic carbocycles. The van der Waals surface area contributed by atoms with Crippen molar-refractivity contribution in [2.24, 2.45) is 0 Å². The van der Waals surface area contributed by atoms with E-state index in [-0.39, 0.29) is 22.8 Å². The molecule has 0 unspecified atom stereocenters. The first-order valence-corrected chi connectivity index (χ1v) is 14.5. The van der Waals surface area contributed by atoms with Gasteiger partial charge in [0, 0.05) is 69.3 Å². The lowest BCUT2D eigenvalue weighted by Crippen LogP contribution is -2.47. The number of aromatic nitrogens is 4. The molecule has 13 nitrogen and oxygen atoms in total. The molecule has 5 heterocycles. The third-order valence-corrected chi connectivity index (χ3v) is 8.15. The van der Waals surface area contributed by atoms with Crippen molar-refractivity contribution in [2.45, 2.75) is 13.0 Å². The number of pyridine rings is 1. The molecule has 2 saturated heterocycles. The summed E-state index contributed by atoms with van der Waals surface area (Å²) in [6, 6.07) is 3.04. The molecule has 3 aromatic heterocycles. The molecule has 0 spiro atoms. The molecule has 2 aliphatic rings. The number of piperazine rings is 1. The van der Waals surface area contributed by atoms with Crippen LogP contribution in [0.5, 0.6) is 0 Å². The molecule has 0 bridgehead atoms. The summed E-state index contributed by atoms with van der Waals surface area (Å²) in [6.45, 7) is 4.71. The molecule has 216 valence electrons. The van der Waals surface area contributed by atoms with Crippen molar-refractivity contribution in [3.05, 3.63) is 35.7 Å². The van der Waals surface area contributed by atoms with Gasteiger partial charge in [0.05, 0.1) is 26.6 Å². The lowest BCUT2D eigenvalue weighted by atomic mass is 10.1. The minimum Gasteiger partial charge on any atom is -0.453 e. The SMILES string of the molecule is COC(=O)Nc1cc(C(F)F)c(-c2nc(N3CCOCC3)c3cc(CN4CCN(S(C)(=O)=O)CC4)cn3n2)cn1. The topological polar surface area (TPSA) is 134 Å². The van der Waals surface area contributed by atoms with E-state index in [2.05, 4.69) is 25.0 Å². The van der Waals surface area contributed by atoms with Crippen LogP contribution < -0.4 is 10.2 Å². The number of rotatable bonds is 7. The Labute approximate surface area is 229 Å². The van der Waals surface area contributed by atoms with Crippen molar-refractivity contribution in [3.63, 3.8) is 0 Å². The van der Waals surface area contributed by atoms with Crippen LogP contribution in [0, 0.1) is 0 Å². The standard InChI is InChI=1S/C24H30F2N8O5S/c1-38-24(35)28-20-12-17(21(25)26)18(13-27-20)22-29-23(32-7-9-39-10-8-32)19-11-16(15-34(19)30-22)14-31-3-5-33(6-4-31)40(2,36)37/h11-13,15,21H,3-10,14H2,1-2H3,(H,27,28,35). The number of fused-ring (bicyclic) bond motifs is 1. The van der Waals surface area contributed by atoms with E-state index in [4.69, 9.17) is 9.72 Å². The summed E-state index contributed by atoms with van der Waals surface area (Å²) in [6.07, 6.45) is 0.544. The van der Waals surface area contributed by atoms with Crippen LogP contribution in [-0.4, -0.2) is 109 Å². The number of amides is 1. The Hall–Kier alpha value is -3.47. The van der Waals surface area contributed by atoms with Gasteiger partial charge in [-0.3, -0.25) is 10.2 Å². The van der Waals surface area contributed by atoms with E-state index < -0.39 is 22.5 Å². The van der Waals surface area contributed by atoms with Gasteiger partial charge < -0.3 is 14.4 Å². The zero-order valence-corrected chi connectivity index (χ0v) is 22.9. The molecule has 2 aliphatic heterocycles. The van der Waals surface area contributed by atoms with E-state index in [9.17, 15) is 22.0 Å². The van der Waals surface area contributed by atoms with E-state index in [0.29, 0.717) is 70.4 Å². The number of alkyl halides is 2. The van der Waals surface area contributed by atoms with Crippen LogP contribution in [-0.2, 0) is 26.0 Å².